The van der Waals surface area contributed by atoms with Gasteiger partial charge in [0.05, 0.1) is 96.8 Å². The number of carbonyl (C=O) groups is 8. The van der Waals surface area contributed by atoms with Crippen LogP contribution in [0.1, 0.15) is 129 Å². The number of aryl methyl sites for hydroxylation is 3. The van der Waals surface area contributed by atoms with Crippen LogP contribution in [-0.2, 0) is 0 Å². The Labute approximate surface area is 778 Å². The molecular weight excluding hydrogens is 1800 g/mol. The molecule has 0 atom stereocenters. The summed E-state index contributed by atoms with van der Waals surface area (Å²) in [5.74, 6) is 0.887. The number of nitrogens with one attached hydrogen (secondary N) is 8. The van der Waals surface area contributed by atoms with Crippen molar-refractivity contribution >= 4 is 179 Å². The van der Waals surface area contributed by atoms with E-state index in [0.717, 1.165) is 101 Å². The normalized spacial score (nSPS) is 12.9. The summed E-state index contributed by atoms with van der Waals surface area (Å²) < 4.78 is 15.5. The number of aromatic nitrogens is 4. The summed E-state index contributed by atoms with van der Waals surface area (Å²) in [6, 6.07) is 59.6. The first-order valence-corrected chi connectivity index (χ1v) is 42.6. The fourth-order valence-corrected chi connectivity index (χ4v) is 14.5. The zero-order valence-corrected chi connectivity index (χ0v) is 75.2. The van der Waals surface area contributed by atoms with Gasteiger partial charge in [-0.15, -0.1) is 0 Å². The molecule has 0 bridgehead atoms. The Morgan fingerprint density at radius 2 is 0.654 bits per heavy atom. The van der Waals surface area contributed by atoms with E-state index >= 15 is 0 Å². The van der Waals surface area contributed by atoms with Gasteiger partial charge >= 0.3 is 0 Å². The number of amidine groups is 4. The number of rotatable bonds is 20. The summed E-state index contributed by atoms with van der Waals surface area (Å²) in [5, 5.41) is 23.6. The summed E-state index contributed by atoms with van der Waals surface area (Å²) in [7, 11) is 7.86. The Kier molecular flexibility index (Phi) is 31.9. The topological polar surface area (TPSA) is 347 Å². The van der Waals surface area contributed by atoms with E-state index in [1.165, 1.54) is 30.7 Å². The van der Waals surface area contributed by atoms with E-state index in [1.807, 2.05) is 102 Å². The maximum absolute atomic E-state index is 14.7. The Balaban J connectivity index is 0.000000156. The van der Waals surface area contributed by atoms with E-state index in [-0.39, 0.29) is 70.1 Å². The number of benzene rings is 8. The number of para-hydroxylation sites is 1. The van der Waals surface area contributed by atoms with E-state index in [1.54, 1.807) is 158 Å². The minimum Gasteiger partial charge on any atom is -0.358 e. The maximum Gasteiger partial charge on any atom is 0.258 e. The Hall–Kier alpha value is -14.4. The molecule has 4 aromatic heterocycles. The molecule has 0 spiro atoms. The molecule has 8 heterocycles. The molecule has 0 unspecified atom stereocenters. The number of hydrogen-bond donors (Lipinski definition) is 8. The van der Waals surface area contributed by atoms with Crippen LogP contribution in [0.15, 0.2) is 262 Å². The lowest BCUT2D eigenvalue weighted by molar-refractivity contribution is 0.100. The third-order valence-corrected chi connectivity index (χ3v) is 21.7. The summed E-state index contributed by atoms with van der Waals surface area (Å²) in [6.07, 6.45) is 5.90. The molecule has 0 saturated heterocycles. The van der Waals surface area contributed by atoms with Gasteiger partial charge in [-0.2, -0.15) is 0 Å². The average Bonchev–Trinajstić information content (AvgIpc) is 1.32. The molecule has 0 saturated carbocycles. The van der Waals surface area contributed by atoms with Gasteiger partial charge in [0.15, 0.2) is 0 Å². The predicted molar refractivity (Wildman–Crippen MR) is 517 cm³/mol. The minimum absolute atomic E-state index is 0. The summed E-state index contributed by atoms with van der Waals surface area (Å²) in [4.78, 5) is 145. The number of amides is 8. The molecule has 8 amide bonds. The molecule has 4 aliphatic heterocycles. The van der Waals surface area contributed by atoms with Crippen molar-refractivity contribution in [3.8, 4) is 0 Å². The first kappa shape index (κ1) is 94.7. The fraction of sp³-hybridized carbons (Fsp3) is 0.167. The molecule has 28 nitrogen and oxygen atoms in total. The van der Waals surface area contributed by atoms with Crippen LogP contribution in [0.5, 0.6) is 0 Å². The first-order valence-electron chi connectivity index (χ1n) is 40.3. The van der Waals surface area contributed by atoms with Gasteiger partial charge in [0.1, 0.15) is 52.4 Å². The Morgan fingerprint density at radius 3 is 1.02 bits per heavy atom. The van der Waals surface area contributed by atoms with E-state index in [0.29, 0.717) is 95.5 Å². The highest BCUT2D eigenvalue weighted by Gasteiger charge is 2.26. The molecule has 0 radical (unpaired) electrons. The molecule has 4 aliphatic rings. The quantitative estimate of drug-likeness (QED) is 0.0351. The summed E-state index contributed by atoms with van der Waals surface area (Å²) >= 11 is 27.2. The van der Waals surface area contributed by atoms with Gasteiger partial charge in [0, 0.05) is 123 Å². The molecule has 34 heteroatoms. The highest BCUT2D eigenvalue weighted by molar-refractivity contribution is 9.10. The summed E-state index contributed by atoms with van der Waals surface area (Å²) in [5.41, 5.74) is 9.78. The number of nitrogens with zero attached hydrogens (tertiary/aromatic N) is 12. The highest BCUT2D eigenvalue weighted by atomic mass is 79.9. The van der Waals surface area contributed by atoms with Crippen molar-refractivity contribution in [1.82, 2.24) is 39.5 Å². The standard InChI is InChI=1S/C24H22BrN5O2.C24H21Cl2N5O2.C24H22ClN5O2.C23H19ClFN5O2.CH4/c1-15-3-9-20(19(13-15)24(32)29-21-10-8-18(25)14-27-21)28-23(31)17-6-4-16(5-7-17)22-26-11-12-30(22)2;1-14-11-18(24(33)29-20-8-7-17(25)13-28-20)21(19(26)12-14)30-23(32)16-5-3-15(4-6-16)22-27-9-10-31(22)2;1-15-3-9-20(19(13-15)24(32)29-21-10-8-18(25)14-27-21)28-23(31)17-6-4-16(5-7-17)22-26-11-12-30(22)2;1-30-11-10-26-21(30)14-6-8-16(18(25)12-14)22(31)28-19-5-3-2-4-17(19)23(32)29-20-9-7-15(24)13-27-20;/h3-10,13-14H,11-12H2,1-2H3,(H,28,31)(H,27,29,32);3-8,11-13H,9-10H2,1-2H3,(H,30,32)(H,28,29,33);3-10,13-14H,11-12H2,1-2H3,(H,28,31)(H,27,29,32);2-9,12-13H,10-11H2,1H3,(H,28,31)(H,27,29,32);1H4. The van der Waals surface area contributed by atoms with Crippen LogP contribution >= 0.6 is 62.3 Å². The van der Waals surface area contributed by atoms with Gasteiger partial charge in [-0.25, -0.2) is 24.3 Å². The molecule has 8 N–H and O–H groups in total. The molecule has 12 aromatic rings. The molecule has 130 heavy (non-hydrogen) atoms. The molecule has 662 valence electrons. The number of anilines is 8. The van der Waals surface area contributed by atoms with Crippen LogP contribution in [0.4, 0.5) is 50.4 Å². The molecule has 16 rings (SSSR count). The lowest BCUT2D eigenvalue weighted by Gasteiger charge is -2.15. The zero-order chi connectivity index (χ0) is 91.5. The smallest absolute Gasteiger partial charge is 0.258 e. The first-order chi connectivity index (χ1) is 62.0. The van der Waals surface area contributed by atoms with Crippen molar-refractivity contribution < 1.29 is 42.7 Å². The van der Waals surface area contributed by atoms with Crippen LogP contribution in [0.3, 0.4) is 0 Å². The lowest BCUT2D eigenvalue weighted by atomic mass is 10.1. The fourth-order valence-electron chi connectivity index (χ4n) is 13.6. The number of carbonyl (C=O) groups excluding carboxylic acids is 8. The number of aliphatic imine (C=N–C) groups is 4. The van der Waals surface area contributed by atoms with Crippen molar-refractivity contribution in [1.29, 1.82) is 0 Å². The van der Waals surface area contributed by atoms with Gasteiger partial charge in [-0.3, -0.25) is 58.3 Å². The van der Waals surface area contributed by atoms with Crippen molar-refractivity contribution in [3.05, 3.63) is 351 Å². The SMILES string of the molecule is C.CN1CCN=C1c1ccc(C(=O)Nc2ccccc2C(=O)Nc2ccc(Cl)cn2)c(F)c1.Cc1cc(Cl)c(NC(=O)c2ccc(C3=NCCN3C)cc2)c(C(=O)Nc2ccc(Cl)cn2)c1.Cc1ccc(NC(=O)c2ccc(C3=NCCN3C)cc2)c(C(=O)Nc2ccc(Br)cn2)c1.Cc1ccc(NC(=O)c2ccc(C3=NCCN3C)cc2)c(C(=O)Nc2ccc(Cl)cn2)c1. The Morgan fingerprint density at radius 1 is 0.323 bits per heavy atom. The predicted octanol–water partition coefficient (Wildman–Crippen LogP) is 18.2. The number of hydrogen-bond acceptors (Lipinski definition) is 20. The number of pyridine rings is 4. The van der Waals surface area contributed by atoms with Crippen molar-refractivity contribution in [2.45, 2.75) is 28.2 Å². The summed E-state index contributed by atoms with van der Waals surface area (Å²) in [6.45, 7) is 12.0. The second-order valence-electron chi connectivity index (χ2n) is 29.8. The average molecular weight is 1890 g/mol. The Bertz CT molecular complexity index is 6190. The van der Waals surface area contributed by atoms with E-state index < -0.39 is 23.5 Å². The van der Waals surface area contributed by atoms with Crippen LogP contribution < -0.4 is 42.5 Å². The second-order valence-corrected chi connectivity index (χ2v) is 32.5. The monoisotopic (exact) mass is 1890 g/mol. The third kappa shape index (κ3) is 24.7. The van der Waals surface area contributed by atoms with Crippen LogP contribution in [-0.4, -0.2) is 191 Å². The van der Waals surface area contributed by atoms with Gasteiger partial charge < -0.3 is 62.1 Å². The van der Waals surface area contributed by atoms with Gasteiger partial charge in [0.25, 0.3) is 47.3 Å². The zero-order valence-electron chi connectivity index (χ0n) is 70.6. The minimum atomic E-state index is -0.671. The molecule has 0 aliphatic carbocycles. The van der Waals surface area contributed by atoms with Gasteiger partial charge in [-0.1, -0.05) is 132 Å². The van der Waals surface area contributed by atoms with E-state index in [2.05, 4.69) is 113 Å². The largest absolute Gasteiger partial charge is 0.358 e. The highest BCUT2D eigenvalue weighted by Crippen LogP contribution is 2.32. The second kappa shape index (κ2) is 43.9. The van der Waals surface area contributed by atoms with Gasteiger partial charge in [-0.05, 0) is 188 Å². The van der Waals surface area contributed by atoms with Crippen molar-refractivity contribution in [3.63, 3.8) is 0 Å². The van der Waals surface area contributed by atoms with Crippen LogP contribution in [0, 0.1) is 26.6 Å². The van der Waals surface area contributed by atoms with Crippen molar-refractivity contribution in [2.24, 2.45) is 20.0 Å². The lowest BCUT2D eigenvalue weighted by Crippen LogP contribution is -2.24. The maximum atomic E-state index is 14.7. The number of likely N-dealkylation sites (N-methyl/N-ethyl adjacent to an activating group) is 4. The molecular formula is C96H88BrCl4FN20O8. The molecule has 0 fully saturated rings. The van der Waals surface area contributed by atoms with Crippen molar-refractivity contribution in [2.75, 3.05) is 123 Å². The van der Waals surface area contributed by atoms with Gasteiger partial charge in [0.2, 0.25) is 0 Å². The third-order valence-electron chi connectivity index (χ3n) is 20.3. The number of halogens is 6. The van der Waals surface area contributed by atoms with E-state index in [4.69, 9.17) is 46.4 Å². The van der Waals surface area contributed by atoms with Crippen LogP contribution in [0.25, 0.3) is 0 Å². The van der Waals surface area contributed by atoms with E-state index in [9.17, 15) is 42.7 Å². The van der Waals surface area contributed by atoms with Crippen LogP contribution in [0.2, 0.25) is 20.1 Å². The molecule has 8 aromatic carbocycles.